The zero-order valence-electron chi connectivity index (χ0n) is 18.5. The number of fused-ring (bicyclic) bond motifs is 1. The summed E-state index contributed by atoms with van der Waals surface area (Å²) in [6.07, 6.45) is 2.37. The molecule has 9 heteroatoms. The molecule has 1 unspecified atom stereocenters. The number of nitrogens with one attached hydrogen (secondary N) is 1. The zero-order valence-corrected chi connectivity index (χ0v) is 18.5. The second kappa shape index (κ2) is 11.1. The Labute approximate surface area is 182 Å². The second-order valence-corrected chi connectivity index (χ2v) is 7.82. The number of aromatic amines is 1. The summed E-state index contributed by atoms with van der Waals surface area (Å²) in [5.41, 5.74) is 2.56. The number of rotatable bonds is 12. The highest BCUT2D eigenvalue weighted by molar-refractivity contribution is 5.79. The van der Waals surface area contributed by atoms with Crippen LogP contribution in [0.3, 0.4) is 0 Å². The van der Waals surface area contributed by atoms with Gasteiger partial charge < -0.3 is 14.8 Å². The largest absolute Gasteiger partial charge is 0.396 e. The van der Waals surface area contributed by atoms with Crippen LogP contribution in [-0.2, 0) is 17.8 Å². The predicted molar refractivity (Wildman–Crippen MR) is 119 cm³/mol. The summed E-state index contributed by atoms with van der Waals surface area (Å²) in [6, 6.07) is 7.88. The Balaban J connectivity index is 1.96. The fourth-order valence-corrected chi connectivity index (χ4v) is 3.86. The van der Waals surface area contributed by atoms with Crippen molar-refractivity contribution in [2.45, 2.75) is 52.2 Å². The Morgan fingerprint density at radius 3 is 2.90 bits per heavy atom. The van der Waals surface area contributed by atoms with Gasteiger partial charge in [-0.05, 0) is 53.8 Å². The molecule has 31 heavy (non-hydrogen) atoms. The minimum atomic E-state index is -0.0976. The first-order valence-corrected chi connectivity index (χ1v) is 10.8. The van der Waals surface area contributed by atoms with Gasteiger partial charge >= 0.3 is 0 Å². The Morgan fingerprint density at radius 1 is 1.32 bits per heavy atom. The third-order valence-corrected chi connectivity index (χ3v) is 5.42. The van der Waals surface area contributed by atoms with E-state index >= 15 is 0 Å². The van der Waals surface area contributed by atoms with Gasteiger partial charge in [-0.2, -0.15) is 0 Å². The lowest BCUT2D eigenvalue weighted by atomic mass is 10.1. The first-order chi connectivity index (χ1) is 15.1. The second-order valence-electron chi connectivity index (χ2n) is 7.82. The molecule has 0 bridgehead atoms. The van der Waals surface area contributed by atoms with Crippen LogP contribution in [0.2, 0.25) is 0 Å². The maximum absolute atomic E-state index is 12.8. The number of pyridine rings is 1. The van der Waals surface area contributed by atoms with Crippen molar-refractivity contribution in [1.82, 2.24) is 30.1 Å². The Morgan fingerprint density at radius 2 is 2.16 bits per heavy atom. The van der Waals surface area contributed by atoms with Gasteiger partial charge in [-0.15, -0.1) is 5.10 Å². The summed E-state index contributed by atoms with van der Waals surface area (Å²) >= 11 is 0. The Bertz CT molecular complexity index is 1030. The predicted octanol–water partition coefficient (Wildman–Crippen LogP) is 2.20. The standard InChI is InChI=1S/C22H32N6O3/c1-4-6-20(21-24-25-26-28(21)10-12-31-3)27(9-5-11-29)15-18-14-17-13-16(2)7-8-19(17)23-22(18)30/h7-8,13-14,20,29H,4-6,9-12,15H2,1-3H3,(H,23,30). The maximum atomic E-state index is 12.8. The van der Waals surface area contributed by atoms with Crippen molar-refractivity contribution >= 4 is 10.9 Å². The highest BCUT2D eigenvalue weighted by Gasteiger charge is 2.26. The lowest BCUT2D eigenvalue weighted by molar-refractivity contribution is 0.141. The molecule has 0 saturated carbocycles. The van der Waals surface area contributed by atoms with E-state index < -0.39 is 0 Å². The fourth-order valence-electron chi connectivity index (χ4n) is 3.86. The summed E-state index contributed by atoms with van der Waals surface area (Å²) < 4.78 is 6.96. The van der Waals surface area contributed by atoms with Crippen molar-refractivity contribution in [3.63, 3.8) is 0 Å². The molecule has 0 spiro atoms. The minimum absolute atomic E-state index is 0.0731. The van der Waals surface area contributed by atoms with Crippen LogP contribution in [0.5, 0.6) is 0 Å². The van der Waals surface area contributed by atoms with E-state index in [1.807, 2.05) is 25.1 Å². The molecule has 3 rings (SSSR count). The number of methoxy groups -OCH3 is 1. The van der Waals surface area contributed by atoms with Crippen molar-refractivity contribution < 1.29 is 9.84 Å². The molecule has 3 aromatic rings. The fraction of sp³-hybridized carbons (Fsp3) is 0.545. The molecule has 9 nitrogen and oxygen atoms in total. The molecule has 0 aliphatic carbocycles. The molecular formula is C22H32N6O3. The number of hydrogen-bond acceptors (Lipinski definition) is 7. The Hall–Kier alpha value is -2.62. The summed E-state index contributed by atoms with van der Waals surface area (Å²) in [6.45, 7) is 6.38. The van der Waals surface area contributed by atoms with E-state index in [-0.39, 0.29) is 18.2 Å². The first kappa shape index (κ1) is 23.1. The van der Waals surface area contributed by atoms with Gasteiger partial charge in [0.1, 0.15) is 0 Å². The number of ether oxygens (including phenoxy) is 1. The highest BCUT2D eigenvalue weighted by atomic mass is 16.5. The van der Waals surface area contributed by atoms with E-state index in [9.17, 15) is 9.90 Å². The third kappa shape index (κ3) is 5.75. The number of nitrogens with zero attached hydrogens (tertiary/aromatic N) is 5. The molecule has 2 heterocycles. The van der Waals surface area contributed by atoms with Gasteiger partial charge in [0.05, 0.1) is 19.2 Å². The molecule has 0 aliphatic heterocycles. The SMILES string of the molecule is CCCC(c1nnnn1CCOC)N(CCCO)Cc1cc2cc(C)ccc2[nH]c1=O. The van der Waals surface area contributed by atoms with E-state index in [1.54, 1.807) is 11.8 Å². The van der Waals surface area contributed by atoms with E-state index in [0.717, 1.165) is 35.1 Å². The van der Waals surface area contributed by atoms with Crippen LogP contribution in [0.25, 0.3) is 10.9 Å². The Kier molecular flexibility index (Phi) is 8.27. The minimum Gasteiger partial charge on any atom is -0.396 e. The molecule has 2 N–H and O–H groups in total. The van der Waals surface area contributed by atoms with Gasteiger partial charge in [-0.25, -0.2) is 4.68 Å². The molecule has 0 radical (unpaired) electrons. The van der Waals surface area contributed by atoms with E-state index in [2.05, 4.69) is 38.4 Å². The van der Waals surface area contributed by atoms with Crippen molar-refractivity contribution in [2.24, 2.45) is 0 Å². The molecule has 1 aromatic carbocycles. The highest BCUT2D eigenvalue weighted by Crippen LogP contribution is 2.26. The normalized spacial score (nSPS) is 12.7. The number of aromatic nitrogens is 5. The molecule has 168 valence electrons. The van der Waals surface area contributed by atoms with E-state index in [4.69, 9.17) is 4.74 Å². The number of tetrazole rings is 1. The quantitative estimate of drug-likeness (QED) is 0.455. The van der Waals surface area contributed by atoms with Crippen LogP contribution in [-0.4, -0.2) is 62.1 Å². The van der Waals surface area contributed by atoms with Gasteiger partial charge in [-0.1, -0.05) is 25.0 Å². The first-order valence-electron chi connectivity index (χ1n) is 10.8. The van der Waals surface area contributed by atoms with Crippen LogP contribution in [0.1, 0.15) is 49.2 Å². The van der Waals surface area contributed by atoms with Crippen molar-refractivity contribution in [3.8, 4) is 0 Å². The maximum Gasteiger partial charge on any atom is 0.252 e. The lowest BCUT2D eigenvalue weighted by Gasteiger charge is -2.30. The number of aliphatic hydroxyl groups is 1. The monoisotopic (exact) mass is 428 g/mol. The summed E-state index contributed by atoms with van der Waals surface area (Å²) in [5.74, 6) is 0.755. The van der Waals surface area contributed by atoms with Crippen LogP contribution < -0.4 is 5.56 Å². The van der Waals surface area contributed by atoms with Gasteiger partial charge in [0.25, 0.3) is 5.56 Å². The number of aliphatic hydroxyl groups excluding tert-OH is 1. The molecule has 0 saturated heterocycles. The number of aryl methyl sites for hydroxylation is 1. The van der Waals surface area contributed by atoms with Crippen molar-refractivity contribution in [3.05, 3.63) is 51.6 Å². The number of hydrogen-bond donors (Lipinski definition) is 2. The smallest absolute Gasteiger partial charge is 0.252 e. The van der Waals surface area contributed by atoms with Gasteiger partial charge in [0.15, 0.2) is 5.82 Å². The molecule has 2 aromatic heterocycles. The number of benzene rings is 1. The van der Waals surface area contributed by atoms with Gasteiger partial charge in [0, 0.05) is 37.9 Å². The molecule has 1 atom stereocenters. The molecule has 0 amide bonds. The summed E-state index contributed by atoms with van der Waals surface area (Å²) in [5, 5.41) is 22.8. The zero-order chi connectivity index (χ0) is 22.2. The van der Waals surface area contributed by atoms with E-state index in [0.29, 0.717) is 38.2 Å². The van der Waals surface area contributed by atoms with Crippen molar-refractivity contribution in [1.29, 1.82) is 0 Å². The van der Waals surface area contributed by atoms with E-state index in [1.165, 1.54) is 0 Å². The van der Waals surface area contributed by atoms with Gasteiger partial charge in [-0.3, -0.25) is 9.69 Å². The van der Waals surface area contributed by atoms with Crippen LogP contribution in [0.4, 0.5) is 0 Å². The van der Waals surface area contributed by atoms with Crippen molar-refractivity contribution in [2.75, 3.05) is 26.9 Å². The molecular weight excluding hydrogens is 396 g/mol. The summed E-state index contributed by atoms with van der Waals surface area (Å²) in [4.78, 5) is 18.0. The van der Waals surface area contributed by atoms with Crippen LogP contribution in [0.15, 0.2) is 29.1 Å². The van der Waals surface area contributed by atoms with Gasteiger partial charge in [0.2, 0.25) is 0 Å². The molecule has 0 aliphatic rings. The van der Waals surface area contributed by atoms with Crippen LogP contribution >= 0.6 is 0 Å². The topological polar surface area (TPSA) is 109 Å². The number of H-pyrrole nitrogens is 1. The summed E-state index contributed by atoms with van der Waals surface area (Å²) in [7, 11) is 1.65. The van der Waals surface area contributed by atoms with Crippen LogP contribution in [0, 0.1) is 6.92 Å². The average Bonchev–Trinajstić information content (AvgIpc) is 3.22. The lowest BCUT2D eigenvalue weighted by Crippen LogP contribution is -2.34. The third-order valence-electron chi connectivity index (χ3n) is 5.42. The average molecular weight is 429 g/mol. The molecule has 0 fully saturated rings.